The molecule has 1 fully saturated rings. The van der Waals surface area contributed by atoms with Crippen molar-refractivity contribution in [1.29, 1.82) is 0 Å². The van der Waals surface area contributed by atoms with E-state index in [9.17, 15) is 0 Å². The van der Waals surface area contributed by atoms with Crippen molar-refractivity contribution >= 4 is 0 Å². The van der Waals surface area contributed by atoms with Gasteiger partial charge in [0, 0.05) is 12.1 Å². The maximum atomic E-state index is 5.90. The van der Waals surface area contributed by atoms with Crippen molar-refractivity contribution in [2.45, 2.75) is 45.7 Å². The molecule has 4 nitrogen and oxygen atoms in total. The summed E-state index contributed by atoms with van der Waals surface area (Å²) in [5.74, 6) is 2.88. The molecule has 0 aliphatic heterocycles. The van der Waals surface area contributed by atoms with Crippen molar-refractivity contribution in [1.82, 2.24) is 5.32 Å². The molecule has 0 atom stereocenters. The monoisotopic (exact) mass is 293 g/mol. The maximum Gasteiger partial charge on any atom is 0.203 e. The number of hydrogen-bond acceptors (Lipinski definition) is 4. The van der Waals surface area contributed by atoms with Crippen molar-refractivity contribution < 1.29 is 14.2 Å². The van der Waals surface area contributed by atoms with Gasteiger partial charge in [-0.2, -0.15) is 0 Å². The molecule has 0 heterocycles. The Morgan fingerprint density at radius 2 is 1.67 bits per heavy atom. The summed E-state index contributed by atoms with van der Waals surface area (Å²) >= 11 is 0. The molecule has 2 rings (SSSR count). The maximum absolute atomic E-state index is 5.90. The normalized spacial score (nSPS) is 14.9. The third-order valence-corrected chi connectivity index (χ3v) is 3.50. The van der Waals surface area contributed by atoms with E-state index in [-0.39, 0.29) is 5.54 Å². The molecule has 0 unspecified atom stereocenters. The lowest BCUT2D eigenvalue weighted by Gasteiger charge is -2.22. The zero-order chi connectivity index (χ0) is 15.5. The van der Waals surface area contributed by atoms with Crippen LogP contribution in [0, 0.1) is 5.92 Å². The van der Waals surface area contributed by atoms with Gasteiger partial charge < -0.3 is 19.5 Å². The van der Waals surface area contributed by atoms with Gasteiger partial charge in [0.2, 0.25) is 5.75 Å². The number of benzene rings is 1. The zero-order valence-electron chi connectivity index (χ0n) is 13.8. The molecule has 0 spiro atoms. The van der Waals surface area contributed by atoms with E-state index in [2.05, 4.69) is 26.1 Å². The van der Waals surface area contributed by atoms with E-state index < -0.39 is 0 Å². The molecule has 1 aromatic carbocycles. The van der Waals surface area contributed by atoms with E-state index in [0.717, 1.165) is 30.2 Å². The van der Waals surface area contributed by atoms with Gasteiger partial charge in [0.1, 0.15) is 0 Å². The van der Waals surface area contributed by atoms with Gasteiger partial charge >= 0.3 is 0 Å². The fourth-order valence-electron chi connectivity index (χ4n) is 2.03. The molecule has 0 saturated heterocycles. The SMILES string of the molecule is COc1cc(CNC(C)(C)C)cc(OC)c1OCC1CC1. The van der Waals surface area contributed by atoms with Gasteiger partial charge in [-0.25, -0.2) is 0 Å². The number of nitrogens with one attached hydrogen (secondary N) is 1. The van der Waals surface area contributed by atoms with Crippen LogP contribution in [0.2, 0.25) is 0 Å². The predicted octanol–water partition coefficient (Wildman–Crippen LogP) is 3.38. The van der Waals surface area contributed by atoms with Crippen LogP contribution in [-0.4, -0.2) is 26.4 Å². The van der Waals surface area contributed by atoms with Crippen LogP contribution in [0.3, 0.4) is 0 Å². The summed E-state index contributed by atoms with van der Waals surface area (Å²) in [6.07, 6.45) is 2.52. The van der Waals surface area contributed by atoms with Gasteiger partial charge in [0.15, 0.2) is 11.5 Å². The fraction of sp³-hybridized carbons (Fsp3) is 0.647. The van der Waals surface area contributed by atoms with Gasteiger partial charge in [0.05, 0.1) is 20.8 Å². The summed E-state index contributed by atoms with van der Waals surface area (Å²) in [7, 11) is 3.33. The lowest BCUT2D eigenvalue weighted by molar-refractivity contribution is 0.263. The smallest absolute Gasteiger partial charge is 0.203 e. The highest BCUT2D eigenvalue weighted by atomic mass is 16.5. The Hall–Kier alpha value is -1.42. The standard InChI is InChI=1S/C17H27NO3/c1-17(2,3)18-10-13-8-14(19-4)16(15(9-13)20-5)21-11-12-6-7-12/h8-9,12,18H,6-7,10-11H2,1-5H3. The minimum absolute atomic E-state index is 0.0710. The number of ether oxygens (including phenoxy) is 3. The third kappa shape index (κ3) is 4.81. The second kappa shape index (κ2) is 6.56. The van der Waals surface area contributed by atoms with Gasteiger partial charge in [-0.05, 0) is 57.2 Å². The Labute approximate surface area is 127 Å². The van der Waals surface area contributed by atoms with E-state index in [1.54, 1.807) is 14.2 Å². The summed E-state index contributed by atoms with van der Waals surface area (Å²) in [4.78, 5) is 0. The molecular weight excluding hydrogens is 266 g/mol. The first-order valence-corrected chi connectivity index (χ1v) is 7.55. The van der Waals surface area contributed by atoms with Crippen LogP contribution in [0.1, 0.15) is 39.2 Å². The summed E-state index contributed by atoms with van der Waals surface area (Å²) in [6, 6.07) is 4.03. The Bertz CT molecular complexity index is 450. The molecule has 0 bridgehead atoms. The Balaban J connectivity index is 2.15. The zero-order valence-corrected chi connectivity index (χ0v) is 13.8. The minimum Gasteiger partial charge on any atom is -0.493 e. The van der Waals surface area contributed by atoms with Crippen LogP contribution in [0.25, 0.3) is 0 Å². The van der Waals surface area contributed by atoms with Crippen LogP contribution in [0.4, 0.5) is 0 Å². The second-order valence-corrected chi connectivity index (χ2v) is 6.69. The van der Waals surface area contributed by atoms with Crippen LogP contribution in [-0.2, 0) is 6.54 Å². The predicted molar refractivity (Wildman–Crippen MR) is 84.4 cm³/mol. The van der Waals surface area contributed by atoms with Crippen molar-refractivity contribution in [2.75, 3.05) is 20.8 Å². The molecule has 1 aliphatic rings. The number of hydrogen-bond donors (Lipinski definition) is 1. The van der Waals surface area contributed by atoms with Gasteiger partial charge in [-0.1, -0.05) is 0 Å². The Morgan fingerprint density at radius 3 is 2.10 bits per heavy atom. The topological polar surface area (TPSA) is 39.7 Å². The third-order valence-electron chi connectivity index (χ3n) is 3.50. The lowest BCUT2D eigenvalue weighted by Crippen LogP contribution is -2.35. The van der Waals surface area contributed by atoms with Crippen LogP contribution in [0.15, 0.2) is 12.1 Å². The van der Waals surface area contributed by atoms with E-state index in [1.165, 1.54) is 12.8 Å². The van der Waals surface area contributed by atoms with Crippen LogP contribution < -0.4 is 19.5 Å². The summed E-state index contributed by atoms with van der Waals surface area (Å²) in [5.41, 5.74) is 1.19. The van der Waals surface area contributed by atoms with Crippen LogP contribution in [0.5, 0.6) is 17.2 Å². The molecule has 1 aromatic rings. The second-order valence-electron chi connectivity index (χ2n) is 6.69. The van der Waals surface area contributed by atoms with E-state index in [4.69, 9.17) is 14.2 Å². The molecule has 0 aromatic heterocycles. The average molecular weight is 293 g/mol. The van der Waals surface area contributed by atoms with Crippen molar-refractivity contribution in [3.05, 3.63) is 17.7 Å². The summed E-state index contributed by atoms with van der Waals surface area (Å²) in [6.45, 7) is 7.95. The van der Waals surface area contributed by atoms with Crippen molar-refractivity contribution in [3.8, 4) is 17.2 Å². The molecule has 1 N–H and O–H groups in total. The first-order valence-electron chi connectivity index (χ1n) is 7.55. The van der Waals surface area contributed by atoms with E-state index in [1.807, 2.05) is 12.1 Å². The molecule has 0 radical (unpaired) electrons. The van der Waals surface area contributed by atoms with E-state index in [0.29, 0.717) is 11.7 Å². The molecule has 1 aliphatic carbocycles. The summed E-state index contributed by atoms with van der Waals surface area (Å²) in [5, 5.41) is 3.47. The highest BCUT2D eigenvalue weighted by molar-refractivity contribution is 5.54. The molecule has 0 amide bonds. The highest BCUT2D eigenvalue weighted by Gasteiger charge is 2.24. The molecule has 4 heteroatoms. The quantitative estimate of drug-likeness (QED) is 0.836. The van der Waals surface area contributed by atoms with E-state index >= 15 is 0 Å². The highest BCUT2D eigenvalue weighted by Crippen LogP contribution is 2.40. The fourth-order valence-corrected chi connectivity index (χ4v) is 2.03. The lowest BCUT2D eigenvalue weighted by atomic mass is 10.1. The van der Waals surface area contributed by atoms with Gasteiger partial charge in [0.25, 0.3) is 0 Å². The molecular formula is C17H27NO3. The van der Waals surface area contributed by atoms with Gasteiger partial charge in [-0.3, -0.25) is 0 Å². The first-order chi connectivity index (χ1) is 9.93. The average Bonchev–Trinajstić information content (AvgIpc) is 3.25. The summed E-state index contributed by atoms with van der Waals surface area (Å²) < 4.78 is 16.9. The van der Waals surface area contributed by atoms with Crippen LogP contribution >= 0.6 is 0 Å². The number of methoxy groups -OCH3 is 2. The largest absolute Gasteiger partial charge is 0.493 e. The Morgan fingerprint density at radius 1 is 1.10 bits per heavy atom. The minimum atomic E-state index is 0.0710. The molecule has 1 saturated carbocycles. The Kier molecular flexibility index (Phi) is 4.99. The van der Waals surface area contributed by atoms with Gasteiger partial charge in [-0.15, -0.1) is 0 Å². The van der Waals surface area contributed by atoms with Crippen molar-refractivity contribution in [2.24, 2.45) is 5.92 Å². The van der Waals surface area contributed by atoms with Crippen molar-refractivity contribution in [3.63, 3.8) is 0 Å². The molecule has 21 heavy (non-hydrogen) atoms. The number of rotatable bonds is 7. The molecule has 118 valence electrons. The first kappa shape index (κ1) is 16.0.